The Labute approximate surface area is 113 Å². The van der Waals surface area contributed by atoms with Gasteiger partial charge < -0.3 is 15.2 Å². The van der Waals surface area contributed by atoms with Crippen LogP contribution < -0.4 is 10.5 Å². The summed E-state index contributed by atoms with van der Waals surface area (Å²) in [5, 5.41) is 0. The number of methoxy groups -OCH3 is 1. The second-order valence-electron chi connectivity index (χ2n) is 3.90. The van der Waals surface area contributed by atoms with E-state index < -0.39 is 17.6 Å². The molecular weight excluding hydrogens is 268 g/mol. The molecule has 104 valence electrons. The largest absolute Gasteiger partial charge is 0.465 e. The molecule has 0 amide bonds. The van der Waals surface area contributed by atoms with Gasteiger partial charge >= 0.3 is 5.97 Å². The fourth-order valence-electron chi connectivity index (χ4n) is 1.59. The molecule has 0 fully saturated rings. The molecule has 0 aliphatic carbocycles. The van der Waals surface area contributed by atoms with Crippen LogP contribution in [0, 0.1) is 11.6 Å². The van der Waals surface area contributed by atoms with E-state index in [-0.39, 0.29) is 17.1 Å². The Morgan fingerprint density at radius 3 is 2.60 bits per heavy atom. The van der Waals surface area contributed by atoms with Gasteiger partial charge in [0.1, 0.15) is 11.3 Å². The Kier molecular flexibility index (Phi) is 3.84. The van der Waals surface area contributed by atoms with E-state index in [2.05, 4.69) is 4.74 Å². The number of hydrogen-bond acceptors (Lipinski definition) is 4. The number of anilines is 1. The lowest BCUT2D eigenvalue weighted by atomic mass is 10.2. The minimum Gasteiger partial charge on any atom is -0.465 e. The van der Waals surface area contributed by atoms with E-state index in [1.165, 1.54) is 37.4 Å². The van der Waals surface area contributed by atoms with Crippen LogP contribution in [0.1, 0.15) is 10.4 Å². The lowest BCUT2D eigenvalue weighted by Crippen LogP contribution is -2.05. The molecular formula is C14H11F2NO3. The zero-order chi connectivity index (χ0) is 14.7. The van der Waals surface area contributed by atoms with Crippen molar-refractivity contribution in [3.8, 4) is 11.5 Å². The second-order valence-corrected chi connectivity index (χ2v) is 3.90. The van der Waals surface area contributed by atoms with Crippen LogP contribution in [-0.2, 0) is 4.74 Å². The minimum atomic E-state index is -1.14. The lowest BCUT2D eigenvalue weighted by molar-refractivity contribution is 0.0598. The summed E-state index contributed by atoms with van der Waals surface area (Å²) in [4.78, 5) is 11.6. The average Bonchev–Trinajstić information content (AvgIpc) is 2.44. The first-order valence-electron chi connectivity index (χ1n) is 5.62. The van der Waals surface area contributed by atoms with Gasteiger partial charge in [-0.2, -0.15) is 4.39 Å². The van der Waals surface area contributed by atoms with Gasteiger partial charge in [-0.1, -0.05) is 6.07 Å². The standard InChI is InChI=1S/C14H11F2NO3/c1-19-14(18)9-7-8(17)5-6-11(9)20-12-4-2-3-10(15)13(12)16/h2-7H,17H2,1H3. The normalized spacial score (nSPS) is 10.2. The van der Waals surface area contributed by atoms with Crippen molar-refractivity contribution in [1.82, 2.24) is 0 Å². The summed E-state index contributed by atoms with van der Waals surface area (Å²) in [6, 6.07) is 7.69. The number of esters is 1. The molecule has 2 aromatic carbocycles. The smallest absolute Gasteiger partial charge is 0.341 e. The number of carbonyl (C=O) groups excluding carboxylic acids is 1. The quantitative estimate of drug-likeness (QED) is 0.692. The molecule has 0 saturated heterocycles. The summed E-state index contributed by atoms with van der Waals surface area (Å²) in [5.41, 5.74) is 5.91. The predicted octanol–water partition coefficient (Wildman–Crippen LogP) is 3.13. The van der Waals surface area contributed by atoms with E-state index in [0.29, 0.717) is 5.69 Å². The van der Waals surface area contributed by atoms with Crippen LogP contribution in [0.15, 0.2) is 36.4 Å². The molecule has 0 aliphatic heterocycles. The maximum atomic E-state index is 13.5. The van der Waals surface area contributed by atoms with Crippen molar-refractivity contribution in [3.05, 3.63) is 53.6 Å². The SMILES string of the molecule is COC(=O)c1cc(N)ccc1Oc1cccc(F)c1F. The number of benzene rings is 2. The highest BCUT2D eigenvalue weighted by atomic mass is 19.2. The molecule has 0 aromatic heterocycles. The Balaban J connectivity index is 2.43. The monoisotopic (exact) mass is 279 g/mol. The highest BCUT2D eigenvalue weighted by Gasteiger charge is 2.17. The van der Waals surface area contributed by atoms with E-state index >= 15 is 0 Å². The van der Waals surface area contributed by atoms with Crippen molar-refractivity contribution < 1.29 is 23.0 Å². The first-order valence-corrected chi connectivity index (χ1v) is 5.62. The molecule has 0 spiro atoms. The third-order valence-corrected chi connectivity index (χ3v) is 2.55. The van der Waals surface area contributed by atoms with Crippen molar-refractivity contribution in [2.24, 2.45) is 0 Å². The molecule has 0 unspecified atom stereocenters. The van der Waals surface area contributed by atoms with E-state index in [1.807, 2.05) is 0 Å². The third-order valence-electron chi connectivity index (χ3n) is 2.55. The first kappa shape index (κ1) is 13.8. The van der Waals surface area contributed by atoms with Gasteiger partial charge in [0.05, 0.1) is 7.11 Å². The maximum Gasteiger partial charge on any atom is 0.341 e. The van der Waals surface area contributed by atoms with E-state index in [4.69, 9.17) is 10.5 Å². The van der Waals surface area contributed by atoms with Gasteiger partial charge in [-0.05, 0) is 30.3 Å². The molecule has 2 aromatic rings. The number of nitrogen functional groups attached to an aromatic ring is 1. The minimum absolute atomic E-state index is 0.0237. The fraction of sp³-hybridized carbons (Fsp3) is 0.0714. The van der Waals surface area contributed by atoms with Crippen molar-refractivity contribution in [2.75, 3.05) is 12.8 Å². The molecule has 4 nitrogen and oxygen atoms in total. The number of rotatable bonds is 3. The van der Waals surface area contributed by atoms with Crippen molar-refractivity contribution in [3.63, 3.8) is 0 Å². The van der Waals surface area contributed by atoms with Crippen molar-refractivity contribution in [2.45, 2.75) is 0 Å². The van der Waals surface area contributed by atoms with E-state index in [1.54, 1.807) is 0 Å². The molecule has 20 heavy (non-hydrogen) atoms. The topological polar surface area (TPSA) is 61.5 Å². The van der Waals surface area contributed by atoms with Crippen LogP contribution in [0.2, 0.25) is 0 Å². The van der Waals surface area contributed by atoms with Gasteiger partial charge in [-0.15, -0.1) is 0 Å². The lowest BCUT2D eigenvalue weighted by Gasteiger charge is -2.11. The molecule has 0 heterocycles. The zero-order valence-electron chi connectivity index (χ0n) is 10.5. The summed E-state index contributed by atoms with van der Waals surface area (Å²) in [5.74, 6) is -3.18. The first-order chi connectivity index (χ1) is 9.52. The summed E-state index contributed by atoms with van der Waals surface area (Å²) in [7, 11) is 1.19. The summed E-state index contributed by atoms with van der Waals surface area (Å²) < 4.78 is 36.5. The summed E-state index contributed by atoms with van der Waals surface area (Å²) in [6.45, 7) is 0. The average molecular weight is 279 g/mol. The maximum absolute atomic E-state index is 13.5. The number of ether oxygens (including phenoxy) is 2. The third kappa shape index (κ3) is 2.69. The summed E-state index contributed by atoms with van der Waals surface area (Å²) in [6.07, 6.45) is 0. The molecule has 0 saturated carbocycles. The number of halogens is 2. The van der Waals surface area contributed by atoms with Gasteiger partial charge in [0.2, 0.25) is 5.82 Å². The second kappa shape index (κ2) is 5.56. The van der Waals surface area contributed by atoms with Gasteiger partial charge in [0, 0.05) is 5.69 Å². The van der Waals surface area contributed by atoms with Crippen LogP contribution >= 0.6 is 0 Å². The number of nitrogens with two attached hydrogens (primary N) is 1. The molecule has 0 radical (unpaired) electrons. The molecule has 2 N–H and O–H groups in total. The fourth-order valence-corrected chi connectivity index (χ4v) is 1.59. The van der Waals surface area contributed by atoms with Crippen LogP contribution in [0.5, 0.6) is 11.5 Å². The van der Waals surface area contributed by atoms with Gasteiger partial charge in [0.25, 0.3) is 0 Å². The van der Waals surface area contributed by atoms with Crippen molar-refractivity contribution >= 4 is 11.7 Å². The van der Waals surface area contributed by atoms with Gasteiger partial charge in [0.15, 0.2) is 11.6 Å². The molecule has 0 bridgehead atoms. The van der Waals surface area contributed by atoms with Crippen LogP contribution in [-0.4, -0.2) is 13.1 Å². The Morgan fingerprint density at radius 1 is 1.15 bits per heavy atom. The molecule has 0 aliphatic rings. The van der Waals surface area contributed by atoms with Crippen LogP contribution in [0.25, 0.3) is 0 Å². The molecule has 0 atom stereocenters. The van der Waals surface area contributed by atoms with Gasteiger partial charge in [-0.3, -0.25) is 0 Å². The molecule has 2 rings (SSSR count). The Morgan fingerprint density at radius 2 is 1.90 bits per heavy atom. The van der Waals surface area contributed by atoms with Crippen LogP contribution in [0.4, 0.5) is 14.5 Å². The highest BCUT2D eigenvalue weighted by Crippen LogP contribution is 2.30. The molecule has 6 heteroatoms. The summed E-state index contributed by atoms with van der Waals surface area (Å²) >= 11 is 0. The highest BCUT2D eigenvalue weighted by molar-refractivity contribution is 5.93. The van der Waals surface area contributed by atoms with Gasteiger partial charge in [-0.25, -0.2) is 9.18 Å². The predicted molar refractivity (Wildman–Crippen MR) is 68.6 cm³/mol. The van der Waals surface area contributed by atoms with E-state index in [0.717, 1.165) is 6.07 Å². The number of carbonyl (C=O) groups is 1. The zero-order valence-corrected chi connectivity index (χ0v) is 10.5. The number of hydrogen-bond donors (Lipinski definition) is 1. The Bertz CT molecular complexity index is 659. The van der Waals surface area contributed by atoms with Crippen LogP contribution in [0.3, 0.4) is 0 Å². The Hall–Kier alpha value is -2.63. The van der Waals surface area contributed by atoms with E-state index in [9.17, 15) is 13.6 Å². The van der Waals surface area contributed by atoms with Crippen molar-refractivity contribution in [1.29, 1.82) is 0 Å².